The van der Waals surface area contributed by atoms with Crippen LogP contribution in [-0.4, -0.2) is 33.9 Å². The normalized spacial score (nSPS) is 15.7. The molecule has 0 bridgehead atoms. The van der Waals surface area contributed by atoms with Crippen LogP contribution in [0.25, 0.3) is 5.69 Å². The lowest BCUT2D eigenvalue weighted by molar-refractivity contribution is -0.123. The molecule has 1 aliphatic heterocycles. The molecule has 202 valence electrons. The Labute approximate surface area is 231 Å². The molecule has 1 atom stereocenters. The maximum absolute atomic E-state index is 15.2. The van der Waals surface area contributed by atoms with E-state index in [1.807, 2.05) is 52.0 Å². The Morgan fingerprint density at radius 1 is 1.13 bits per heavy atom. The Morgan fingerprint density at radius 3 is 2.54 bits per heavy atom. The lowest BCUT2D eigenvalue weighted by Crippen LogP contribution is -2.42. The van der Waals surface area contributed by atoms with Crippen LogP contribution in [0.3, 0.4) is 0 Å². The van der Waals surface area contributed by atoms with Crippen molar-refractivity contribution in [2.75, 3.05) is 17.2 Å². The first-order valence-corrected chi connectivity index (χ1v) is 13.8. The number of thioether (sulfide) groups is 1. The molecule has 4 aromatic rings. The molecule has 0 saturated carbocycles. The second-order valence-electron chi connectivity index (χ2n) is 10.6. The van der Waals surface area contributed by atoms with Crippen molar-refractivity contribution in [2.24, 2.45) is 0 Å². The van der Waals surface area contributed by atoms with E-state index in [9.17, 15) is 9.59 Å². The van der Waals surface area contributed by atoms with Crippen molar-refractivity contribution in [2.45, 2.75) is 44.9 Å². The molecule has 2 amide bonds. The Bertz CT molecular complexity index is 1490. The largest absolute Gasteiger partial charge is 0.467 e. The number of hydrogen-bond donors (Lipinski definition) is 1. The van der Waals surface area contributed by atoms with E-state index in [2.05, 4.69) is 5.32 Å². The van der Waals surface area contributed by atoms with Gasteiger partial charge in [0.1, 0.15) is 23.9 Å². The molecule has 9 heteroatoms. The zero-order valence-electron chi connectivity index (χ0n) is 22.4. The van der Waals surface area contributed by atoms with Crippen LogP contribution in [0.2, 0.25) is 0 Å². The fraction of sp³-hybridized carbons (Fsp3) is 0.300. The summed E-state index contributed by atoms with van der Waals surface area (Å²) >= 11 is 1.35. The molecule has 0 aliphatic carbocycles. The van der Waals surface area contributed by atoms with Gasteiger partial charge in [-0.05, 0) is 37.3 Å². The number of halogens is 1. The number of anilines is 1. The van der Waals surface area contributed by atoms with E-state index < -0.39 is 10.7 Å². The summed E-state index contributed by atoms with van der Waals surface area (Å²) in [4.78, 5) is 28.3. The van der Waals surface area contributed by atoms with Gasteiger partial charge >= 0.3 is 0 Å². The molecule has 3 heterocycles. The van der Waals surface area contributed by atoms with Crippen molar-refractivity contribution in [1.29, 1.82) is 0 Å². The molecule has 1 N–H and O–H groups in total. The van der Waals surface area contributed by atoms with Gasteiger partial charge in [-0.25, -0.2) is 9.07 Å². The Kier molecular flexibility index (Phi) is 7.36. The minimum Gasteiger partial charge on any atom is -0.467 e. The van der Waals surface area contributed by atoms with Gasteiger partial charge in [0.05, 0.1) is 35.2 Å². The number of carbonyl (C=O) groups excluding carboxylic acids is 2. The van der Waals surface area contributed by atoms with Crippen LogP contribution in [0.15, 0.2) is 71.3 Å². The first kappa shape index (κ1) is 26.7. The Morgan fingerprint density at radius 2 is 1.87 bits per heavy atom. The van der Waals surface area contributed by atoms with Gasteiger partial charge in [0.2, 0.25) is 11.8 Å². The van der Waals surface area contributed by atoms with Gasteiger partial charge in [-0.3, -0.25) is 14.5 Å². The summed E-state index contributed by atoms with van der Waals surface area (Å²) in [5, 5.41) is 7.37. The topological polar surface area (TPSA) is 80.4 Å². The number of hydrogen-bond acceptors (Lipinski definition) is 5. The summed E-state index contributed by atoms with van der Waals surface area (Å²) in [6.45, 7) is 8.13. The molecule has 0 unspecified atom stereocenters. The Hall–Kier alpha value is -3.85. The van der Waals surface area contributed by atoms with Gasteiger partial charge in [-0.2, -0.15) is 5.10 Å². The number of aromatic nitrogens is 2. The molecule has 2 aromatic carbocycles. The zero-order valence-corrected chi connectivity index (χ0v) is 23.2. The highest BCUT2D eigenvalue weighted by Gasteiger charge is 2.40. The van der Waals surface area contributed by atoms with E-state index in [0.29, 0.717) is 17.1 Å². The molecule has 1 aliphatic rings. The van der Waals surface area contributed by atoms with Crippen LogP contribution in [0.5, 0.6) is 0 Å². The second kappa shape index (κ2) is 10.7. The lowest BCUT2D eigenvalue weighted by Gasteiger charge is -2.24. The summed E-state index contributed by atoms with van der Waals surface area (Å²) < 4.78 is 22.3. The van der Waals surface area contributed by atoms with Crippen LogP contribution < -0.4 is 10.2 Å². The van der Waals surface area contributed by atoms with Crippen molar-refractivity contribution in [3.05, 3.63) is 101 Å². The minimum atomic E-state index is -0.491. The first-order valence-electron chi connectivity index (χ1n) is 12.8. The number of aryl methyl sites for hydroxylation is 1. The molecule has 39 heavy (non-hydrogen) atoms. The lowest BCUT2D eigenvalue weighted by atomic mass is 9.87. The molecule has 0 saturated heterocycles. The van der Waals surface area contributed by atoms with Gasteiger partial charge in [0.25, 0.3) is 0 Å². The SMILES string of the molecule is Cc1ccc(-n2nc(C(C)(C)C)c3c2N(CC(=O)NCc2ccco2)C(=O)CS[C@@H]3c2ccccc2F)cc1. The number of nitrogens with one attached hydrogen (secondary N) is 1. The van der Waals surface area contributed by atoms with Gasteiger partial charge in [-0.1, -0.05) is 56.7 Å². The third-order valence-electron chi connectivity index (χ3n) is 6.61. The van der Waals surface area contributed by atoms with Crippen LogP contribution in [-0.2, 0) is 21.5 Å². The van der Waals surface area contributed by atoms with E-state index in [4.69, 9.17) is 9.52 Å². The Balaban J connectivity index is 1.68. The fourth-order valence-corrected chi connectivity index (χ4v) is 5.89. The predicted octanol–water partition coefficient (Wildman–Crippen LogP) is 5.70. The average molecular weight is 547 g/mol. The van der Waals surface area contributed by atoms with Crippen molar-refractivity contribution in [3.63, 3.8) is 0 Å². The number of fused-ring (bicyclic) bond motifs is 1. The molecular weight excluding hydrogens is 515 g/mol. The maximum atomic E-state index is 15.2. The van der Waals surface area contributed by atoms with E-state index in [1.54, 1.807) is 41.3 Å². The van der Waals surface area contributed by atoms with Crippen molar-refractivity contribution >= 4 is 29.4 Å². The monoisotopic (exact) mass is 546 g/mol. The molecule has 0 radical (unpaired) electrons. The van der Waals surface area contributed by atoms with Gasteiger partial charge in [0, 0.05) is 16.5 Å². The highest BCUT2D eigenvalue weighted by atomic mass is 32.2. The molecule has 2 aromatic heterocycles. The van der Waals surface area contributed by atoms with Crippen LogP contribution in [0, 0.1) is 12.7 Å². The number of carbonyl (C=O) groups is 2. The summed E-state index contributed by atoms with van der Waals surface area (Å²) in [6, 6.07) is 18.0. The molecule has 7 nitrogen and oxygen atoms in total. The highest BCUT2D eigenvalue weighted by Crippen LogP contribution is 2.48. The quantitative estimate of drug-likeness (QED) is 0.336. The number of nitrogens with zero attached hydrogens (tertiary/aromatic N) is 3. The first-order chi connectivity index (χ1) is 18.6. The second-order valence-corrected chi connectivity index (χ2v) is 11.7. The molecule has 5 rings (SSSR count). The van der Waals surface area contributed by atoms with Crippen molar-refractivity contribution in [3.8, 4) is 5.69 Å². The van der Waals surface area contributed by atoms with Crippen molar-refractivity contribution < 1.29 is 18.4 Å². The minimum absolute atomic E-state index is 0.0800. The van der Waals surface area contributed by atoms with Crippen LogP contribution >= 0.6 is 11.8 Å². The highest BCUT2D eigenvalue weighted by molar-refractivity contribution is 8.00. The third-order valence-corrected chi connectivity index (χ3v) is 7.84. The zero-order chi connectivity index (χ0) is 27.7. The number of amides is 2. The average Bonchev–Trinajstić information content (AvgIpc) is 3.53. The smallest absolute Gasteiger partial charge is 0.240 e. The summed E-state index contributed by atoms with van der Waals surface area (Å²) in [7, 11) is 0. The van der Waals surface area contributed by atoms with E-state index in [0.717, 1.165) is 22.5 Å². The standard InChI is InChI=1S/C30H31FN4O3S/c1-19-11-13-20(14-12-19)35-29-26(28(33-35)30(2,3)4)27(22-9-5-6-10-23(22)31)39-18-25(37)34(29)17-24(36)32-16-21-8-7-15-38-21/h5-15,27H,16-18H2,1-4H3,(H,32,36)/t27-/m1/s1. The summed E-state index contributed by atoms with van der Waals surface area (Å²) in [5.74, 6) is 0.245. The van der Waals surface area contributed by atoms with E-state index in [-0.39, 0.29) is 36.5 Å². The van der Waals surface area contributed by atoms with Gasteiger partial charge in [-0.15, -0.1) is 11.8 Å². The maximum Gasteiger partial charge on any atom is 0.240 e. The molecular formula is C30H31FN4O3S. The molecule has 0 fully saturated rings. The summed E-state index contributed by atoms with van der Waals surface area (Å²) in [5.41, 5.74) is 3.37. The van der Waals surface area contributed by atoms with Crippen LogP contribution in [0.4, 0.5) is 10.2 Å². The molecule has 0 spiro atoms. The van der Waals surface area contributed by atoms with Crippen molar-refractivity contribution in [1.82, 2.24) is 15.1 Å². The fourth-order valence-electron chi connectivity index (χ4n) is 4.67. The third kappa shape index (κ3) is 5.49. The number of rotatable bonds is 6. The number of furan rings is 1. The van der Waals surface area contributed by atoms with Gasteiger partial charge < -0.3 is 9.73 Å². The predicted molar refractivity (Wildman–Crippen MR) is 151 cm³/mol. The van der Waals surface area contributed by atoms with Gasteiger partial charge in [0.15, 0.2) is 0 Å². The summed E-state index contributed by atoms with van der Waals surface area (Å²) in [6.07, 6.45) is 1.54. The van der Waals surface area contributed by atoms with E-state index in [1.165, 1.54) is 22.7 Å². The van der Waals surface area contributed by atoms with Crippen LogP contribution in [0.1, 0.15) is 54.2 Å². The number of benzene rings is 2. The van der Waals surface area contributed by atoms with E-state index >= 15 is 4.39 Å².